The number of benzene rings is 1. The highest BCUT2D eigenvalue weighted by Gasteiger charge is 2.41. The Morgan fingerprint density at radius 1 is 1.30 bits per heavy atom. The van der Waals surface area contributed by atoms with Crippen LogP contribution in [0.5, 0.6) is 0 Å². The summed E-state index contributed by atoms with van der Waals surface area (Å²) in [6.07, 6.45) is 0.755. The number of carboxylic acid groups (broad SMARTS) is 1. The van der Waals surface area contributed by atoms with Crippen LogP contribution in [0.3, 0.4) is 0 Å². The zero-order chi connectivity index (χ0) is 14.9. The zero-order valence-corrected chi connectivity index (χ0v) is 12.7. The van der Waals surface area contributed by atoms with Crippen molar-refractivity contribution in [3.8, 4) is 0 Å². The van der Waals surface area contributed by atoms with Crippen molar-refractivity contribution in [1.29, 1.82) is 0 Å². The van der Waals surface area contributed by atoms with Gasteiger partial charge in [0, 0.05) is 11.3 Å². The van der Waals surface area contributed by atoms with E-state index in [1.807, 2.05) is 39.0 Å². The summed E-state index contributed by atoms with van der Waals surface area (Å²) < 4.78 is 0. The first-order valence-electron chi connectivity index (χ1n) is 6.69. The van der Waals surface area contributed by atoms with Gasteiger partial charge in [0.15, 0.2) is 0 Å². The number of rotatable bonds is 3. The Kier molecular flexibility index (Phi) is 4.38. The molecule has 1 N–H and O–H groups in total. The quantitative estimate of drug-likeness (QED) is 0.931. The summed E-state index contributed by atoms with van der Waals surface area (Å²) in [4.78, 5) is 25.5. The molecule has 1 aliphatic rings. The van der Waals surface area contributed by atoms with E-state index in [0.717, 1.165) is 17.5 Å². The lowest BCUT2D eigenvalue weighted by Gasteiger charge is -2.27. The van der Waals surface area contributed by atoms with E-state index >= 15 is 0 Å². The lowest BCUT2D eigenvalue weighted by Crippen LogP contribution is -2.45. The van der Waals surface area contributed by atoms with Crippen molar-refractivity contribution >= 4 is 23.6 Å². The molecule has 2 unspecified atom stereocenters. The summed E-state index contributed by atoms with van der Waals surface area (Å²) in [5.74, 6) is -0.642. The third kappa shape index (κ3) is 2.82. The highest BCUT2D eigenvalue weighted by atomic mass is 32.2. The molecule has 1 heterocycles. The standard InChI is InChI=1S/C15H19NO3S/c1-4-13-16(12(8-20-13)15(18)19)14(17)11-6-9(2)5-10(3)7-11/h5-7,12-13H,4,8H2,1-3H3,(H,18,19). The molecule has 1 aliphatic heterocycles. The molecule has 0 aromatic heterocycles. The second kappa shape index (κ2) is 5.87. The molecular weight excluding hydrogens is 274 g/mol. The fourth-order valence-electron chi connectivity index (χ4n) is 2.59. The molecule has 4 nitrogen and oxygen atoms in total. The normalized spacial score (nSPS) is 22.1. The Balaban J connectivity index is 2.35. The summed E-state index contributed by atoms with van der Waals surface area (Å²) in [5, 5.41) is 9.24. The van der Waals surface area contributed by atoms with Gasteiger partial charge in [0.2, 0.25) is 0 Å². The fourth-order valence-corrected chi connectivity index (χ4v) is 3.93. The van der Waals surface area contributed by atoms with Crippen LogP contribution in [0, 0.1) is 13.8 Å². The monoisotopic (exact) mass is 293 g/mol. The van der Waals surface area contributed by atoms with E-state index in [4.69, 9.17) is 0 Å². The molecule has 5 heteroatoms. The van der Waals surface area contributed by atoms with Gasteiger partial charge < -0.3 is 10.0 Å². The Morgan fingerprint density at radius 3 is 2.40 bits per heavy atom. The van der Waals surface area contributed by atoms with Gasteiger partial charge in [0.05, 0.1) is 5.37 Å². The van der Waals surface area contributed by atoms with Crippen LogP contribution in [0.1, 0.15) is 34.8 Å². The predicted octanol–water partition coefficient (Wildman–Crippen LogP) is 2.68. The van der Waals surface area contributed by atoms with Gasteiger partial charge in [-0.25, -0.2) is 4.79 Å². The van der Waals surface area contributed by atoms with Crippen LogP contribution in [-0.4, -0.2) is 39.1 Å². The molecule has 1 aromatic rings. The molecule has 0 saturated carbocycles. The Bertz CT molecular complexity index is 524. The number of hydrogen-bond acceptors (Lipinski definition) is 3. The maximum absolute atomic E-state index is 12.7. The van der Waals surface area contributed by atoms with Crippen LogP contribution in [0.15, 0.2) is 18.2 Å². The van der Waals surface area contributed by atoms with Gasteiger partial charge in [-0.2, -0.15) is 0 Å². The van der Waals surface area contributed by atoms with Gasteiger partial charge in [-0.15, -0.1) is 11.8 Å². The van der Waals surface area contributed by atoms with Gasteiger partial charge in [-0.05, 0) is 32.4 Å². The molecule has 1 amide bonds. The lowest BCUT2D eigenvalue weighted by molar-refractivity contribution is -0.141. The van der Waals surface area contributed by atoms with Crippen LogP contribution in [0.4, 0.5) is 0 Å². The van der Waals surface area contributed by atoms with Crippen LogP contribution in [-0.2, 0) is 4.79 Å². The first kappa shape index (κ1) is 14.9. The van der Waals surface area contributed by atoms with Crippen molar-refractivity contribution in [2.45, 2.75) is 38.6 Å². The Labute approximate surface area is 123 Å². The Morgan fingerprint density at radius 2 is 1.90 bits per heavy atom. The van der Waals surface area contributed by atoms with Crippen molar-refractivity contribution in [2.75, 3.05) is 5.75 Å². The smallest absolute Gasteiger partial charge is 0.327 e. The van der Waals surface area contributed by atoms with E-state index in [1.165, 1.54) is 4.90 Å². The Hall–Kier alpha value is -1.49. The number of carboxylic acids is 1. The topological polar surface area (TPSA) is 57.6 Å². The summed E-state index contributed by atoms with van der Waals surface area (Å²) in [6.45, 7) is 5.85. The summed E-state index contributed by atoms with van der Waals surface area (Å²) >= 11 is 1.54. The molecule has 2 atom stereocenters. The number of thioether (sulfide) groups is 1. The maximum atomic E-state index is 12.7. The van der Waals surface area contributed by atoms with Gasteiger partial charge in [-0.1, -0.05) is 24.1 Å². The second-order valence-electron chi connectivity index (χ2n) is 5.14. The van der Waals surface area contributed by atoms with Gasteiger partial charge in [0.25, 0.3) is 5.91 Å². The fraction of sp³-hybridized carbons (Fsp3) is 0.467. The predicted molar refractivity (Wildman–Crippen MR) is 80.0 cm³/mol. The third-order valence-electron chi connectivity index (χ3n) is 3.43. The SMILES string of the molecule is CCC1SCC(C(=O)O)N1C(=O)c1cc(C)cc(C)c1. The highest BCUT2D eigenvalue weighted by Crippen LogP contribution is 2.32. The molecule has 0 spiro atoms. The number of aryl methyl sites for hydroxylation is 2. The van der Waals surface area contributed by atoms with Gasteiger partial charge in [-0.3, -0.25) is 4.79 Å². The minimum atomic E-state index is -0.925. The van der Waals surface area contributed by atoms with E-state index in [2.05, 4.69) is 0 Å². The second-order valence-corrected chi connectivity index (χ2v) is 6.35. The van der Waals surface area contributed by atoms with Crippen molar-refractivity contribution in [1.82, 2.24) is 4.90 Å². The van der Waals surface area contributed by atoms with E-state index < -0.39 is 12.0 Å². The molecule has 1 aromatic carbocycles. The number of carbonyl (C=O) groups is 2. The average Bonchev–Trinajstić information content (AvgIpc) is 2.80. The van der Waals surface area contributed by atoms with Crippen LogP contribution >= 0.6 is 11.8 Å². The van der Waals surface area contributed by atoms with Crippen molar-refractivity contribution in [3.63, 3.8) is 0 Å². The molecule has 108 valence electrons. The third-order valence-corrected chi connectivity index (χ3v) is 4.88. The minimum Gasteiger partial charge on any atom is -0.480 e. The van der Waals surface area contributed by atoms with Gasteiger partial charge in [0.1, 0.15) is 6.04 Å². The highest BCUT2D eigenvalue weighted by molar-refractivity contribution is 8.00. The number of amides is 1. The van der Waals surface area contributed by atoms with E-state index in [9.17, 15) is 14.7 Å². The van der Waals surface area contributed by atoms with Crippen molar-refractivity contribution in [2.24, 2.45) is 0 Å². The maximum Gasteiger partial charge on any atom is 0.327 e. The largest absolute Gasteiger partial charge is 0.480 e. The van der Waals surface area contributed by atoms with Crippen molar-refractivity contribution in [3.05, 3.63) is 34.9 Å². The number of hydrogen-bond donors (Lipinski definition) is 1. The minimum absolute atomic E-state index is 0.0515. The van der Waals surface area contributed by atoms with Crippen LogP contribution in [0.25, 0.3) is 0 Å². The molecule has 1 saturated heterocycles. The zero-order valence-electron chi connectivity index (χ0n) is 11.9. The first-order chi connectivity index (χ1) is 9.43. The average molecular weight is 293 g/mol. The molecular formula is C15H19NO3S. The summed E-state index contributed by atoms with van der Waals surface area (Å²) in [7, 11) is 0. The molecule has 2 rings (SSSR count). The van der Waals surface area contributed by atoms with E-state index in [0.29, 0.717) is 11.3 Å². The number of carbonyl (C=O) groups excluding carboxylic acids is 1. The molecule has 20 heavy (non-hydrogen) atoms. The first-order valence-corrected chi connectivity index (χ1v) is 7.74. The number of aliphatic carboxylic acids is 1. The molecule has 0 radical (unpaired) electrons. The van der Waals surface area contributed by atoms with Crippen LogP contribution in [0.2, 0.25) is 0 Å². The molecule has 0 bridgehead atoms. The lowest BCUT2D eigenvalue weighted by atomic mass is 10.1. The number of nitrogens with zero attached hydrogens (tertiary/aromatic N) is 1. The summed E-state index contributed by atoms with van der Waals surface area (Å²) in [5.41, 5.74) is 2.61. The van der Waals surface area contributed by atoms with Crippen molar-refractivity contribution < 1.29 is 14.7 Å². The van der Waals surface area contributed by atoms with E-state index in [-0.39, 0.29) is 11.3 Å². The van der Waals surface area contributed by atoms with Crippen LogP contribution < -0.4 is 0 Å². The molecule has 0 aliphatic carbocycles. The van der Waals surface area contributed by atoms with E-state index in [1.54, 1.807) is 11.8 Å². The molecule has 1 fully saturated rings. The summed E-state index contributed by atoms with van der Waals surface area (Å²) in [6, 6.07) is 4.92. The van der Waals surface area contributed by atoms with Gasteiger partial charge >= 0.3 is 5.97 Å².